The van der Waals surface area contributed by atoms with Crippen molar-refractivity contribution in [1.82, 2.24) is 9.80 Å². The minimum Gasteiger partial charge on any atom is -0.487 e. The van der Waals surface area contributed by atoms with Gasteiger partial charge in [0.15, 0.2) is 0 Å². The maximum Gasteiger partial charge on any atom is 0.257 e. The third-order valence-corrected chi connectivity index (χ3v) is 7.83. The summed E-state index contributed by atoms with van der Waals surface area (Å²) in [5.74, 6) is -0.141. The molecular weight excluding hydrogens is 467 g/mol. The molecule has 5 nitrogen and oxygen atoms in total. The number of hydrogen-bond acceptors (Lipinski definition) is 4. The number of nitrogens with zero attached hydrogens (tertiary/aromatic N) is 2. The molecule has 2 saturated heterocycles. The molecule has 0 bridgehead atoms. The minimum atomic E-state index is -0.580. The van der Waals surface area contributed by atoms with Crippen LogP contribution in [0.3, 0.4) is 0 Å². The molecule has 190 valence electrons. The fourth-order valence-corrected chi connectivity index (χ4v) is 5.71. The second-order valence-corrected chi connectivity index (χ2v) is 10.4. The Bertz CT molecular complexity index is 1230. The smallest absolute Gasteiger partial charge is 0.257 e. The summed E-state index contributed by atoms with van der Waals surface area (Å²) >= 11 is 0. The molecule has 1 saturated carbocycles. The monoisotopic (exact) mass is 498 g/mol. The zero-order chi connectivity index (χ0) is 25.4. The summed E-state index contributed by atoms with van der Waals surface area (Å²) in [6.07, 6.45) is 4.17. The van der Waals surface area contributed by atoms with Crippen LogP contribution in [0, 0.1) is 5.82 Å². The Labute approximate surface area is 216 Å². The number of benzene rings is 3. The summed E-state index contributed by atoms with van der Waals surface area (Å²) in [4.78, 5) is 28.4. The van der Waals surface area contributed by atoms with Gasteiger partial charge in [-0.05, 0) is 54.4 Å². The van der Waals surface area contributed by atoms with Crippen molar-refractivity contribution in [1.29, 1.82) is 0 Å². The molecule has 0 N–H and O–H groups in total. The minimum absolute atomic E-state index is 0.0476. The van der Waals surface area contributed by atoms with Gasteiger partial charge in [-0.3, -0.25) is 9.69 Å². The van der Waals surface area contributed by atoms with Crippen molar-refractivity contribution in [3.8, 4) is 5.75 Å². The van der Waals surface area contributed by atoms with E-state index in [1.807, 2.05) is 12.1 Å². The Balaban J connectivity index is 1.20. The normalized spacial score (nSPS) is 20.2. The fourth-order valence-electron chi connectivity index (χ4n) is 5.71. The number of carbonyl (C=O) groups is 2. The first-order valence-corrected chi connectivity index (χ1v) is 13.2. The van der Waals surface area contributed by atoms with Crippen molar-refractivity contribution in [3.63, 3.8) is 0 Å². The molecule has 2 aliphatic heterocycles. The van der Waals surface area contributed by atoms with Crippen LogP contribution in [-0.4, -0.2) is 53.8 Å². The van der Waals surface area contributed by atoms with E-state index in [9.17, 15) is 9.59 Å². The Kier molecular flexibility index (Phi) is 6.51. The largest absolute Gasteiger partial charge is 0.487 e. The van der Waals surface area contributed by atoms with Gasteiger partial charge in [0.05, 0.1) is 17.6 Å². The lowest BCUT2D eigenvalue weighted by atomic mass is 9.93. The van der Waals surface area contributed by atoms with Gasteiger partial charge in [-0.1, -0.05) is 60.7 Å². The van der Waals surface area contributed by atoms with Crippen molar-refractivity contribution < 1.29 is 18.7 Å². The van der Waals surface area contributed by atoms with Gasteiger partial charge < -0.3 is 14.4 Å². The highest BCUT2D eigenvalue weighted by molar-refractivity contribution is 5.96. The van der Waals surface area contributed by atoms with Crippen LogP contribution in [0.15, 0.2) is 72.8 Å². The first-order valence-electron chi connectivity index (χ1n) is 13.2. The lowest BCUT2D eigenvalue weighted by Crippen LogP contribution is -2.55. The zero-order valence-corrected chi connectivity index (χ0v) is 20.8. The summed E-state index contributed by atoms with van der Waals surface area (Å²) in [5, 5.41) is 0. The van der Waals surface area contributed by atoms with Crippen LogP contribution < -0.4 is 4.74 Å². The predicted molar refractivity (Wildman–Crippen MR) is 139 cm³/mol. The number of rotatable bonds is 8. The van der Waals surface area contributed by atoms with Crippen LogP contribution in [0.1, 0.15) is 64.7 Å². The van der Waals surface area contributed by atoms with Gasteiger partial charge in [0.2, 0.25) is 0 Å². The van der Waals surface area contributed by atoms with E-state index in [4.69, 9.17) is 4.74 Å². The second-order valence-electron chi connectivity index (χ2n) is 10.4. The summed E-state index contributed by atoms with van der Waals surface area (Å²) in [6, 6.07) is 23.6. The van der Waals surface area contributed by atoms with E-state index >= 15 is 4.39 Å². The molecule has 6 heteroatoms. The number of halogens is 1. The molecule has 3 aromatic carbocycles. The van der Waals surface area contributed by atoms with Gasteiger partial charge in [0.1, 0.15) is 24.0 Å². The number of ether oxygens (including phenoxy) is 1. The highest BCUT2D eigenvalue weighted by atomic mass is 19.1. The van der Waals surface area contributed by atoms with Crippen molar-refractivity contribution >= 4 is 12.2 Å². The molecular formula is C31H31FN2O3. The Morgan fingerprint density at radius 1 is 0.946 bits per heavy atom. The van der Waals surface area contributed by atoms with Gasteiger partial charge in [0, 0.05) is 25.7 Å². The molecule has 0 spiro atoms. The Morgan fingerprint density at radius 3 is 2.19 bits per heavy atom. The first kappa shape index (κ1) is 23.9. The topological polar surface area (TPSA) is 49.9 Å². The van der Waals surface area contributed by atoms with Crippen LogP contribution in [0.25, 0.3) is 0 Å². The van der Waals surface area contributed by atoms with Crippen LogP contribution in [0.4, 0.5) is 4.39 Å². The quantitative estimate of drug-likeness (QED) is 0.393. The van der Waals surface area contributed by atoms with Crippen molar-refractivity contribution in [2.75, 3.05) is 19.6 Å². The molecule has 1 aliphatic carbocycles. The molecule has 0 unspecified atom stereocenters. The molecule has 3 fully saturated rings. The summed E-state index contributed by atoms with van der Waals surface area (Å²) in [5.41, 5.74) is 3.42. The van der Waals surface area contributed by atoms with Crippen LogP contribution in [0.2, 0.25) is 0 Å². The predicted octanol–water partition coefficient (Wildman–Crippen LogP) is 5.36. The van der Waals surface area contributed by atoms with Gasteiger partial charge in [0.25, 0.3) is 5.91 Å². The fraction of sp³-hybridized carbons (Fsp3) is 0.355. The number of carbonyl (C=O) groups excluding carboxylic acids is 2. The van der Waals surface area contributed by atoms with E-state index in [1.165, 1.54) is 22.1 Å². The second kappa shape index (κ2) is 10.1. The van der Waals surface area contributed by atoms with E-state index in [-0.39, 0.29) is 17.7 Å². The van der Waals surface area contributed by atoms with Crippen LogP contribution in [-0.2, 0) is 4.79 Å². The van der Waals surface area contributed by atoms with E-state index in [0.29, 0.717) is 24.6 Å². The maximum absolute atomic E-state index is 15.2. The number of amides is 1. The molecule has 0 aromatic heterocycles. The summed E-state index contributed by atoms with van der Waals surface area (Å²) in [6.45, 7) is 1.95. The number of hydrogen-bond donors (Lipinski definition) is 0. The molecule has 1 amide bonds. The van der Waals surface area contributed by atoms with Gasteiger partial charge in [-0.2, -0.15) is 0 Å². The standard InChI is InChI=1S/C31H31FN2O3/c32-28-17-29(26(21-13-14-21)16-27(28)31(36)34-15-7-12-24(34)20-35)37-25-18-33(19-25)30(22-8-3-1-4-9-22)23-10-5-2-6-11-23/h1-6,8-11,16-17,20-21,24-25,30H,7,12-15,18-19H2/t24-/m0/s1. The van der Waals surface area contributed by atoms with Crippen LogP contribution >= 0.6 is 0 Å². The highest BCUT2D eigenvalue weighted by Crippen LogP contribution is 2.46. The van der Waals surface area contributed by atoms with E-state index < -0.39 is 17.8 Å². The molecule has 3 aromatic rings. The molecule has 1 atom stereocenters. The molecule has 37 heavy (non-hydrogen) atoms. The SMILES string of the molecule is O=C[C@@H]1CCCN1C(=O)c1cc(C2CC2)c(OC2CN(C(c3ccccc3)c3ccccc3)C2)cc1F. The lowest BCUT2D eigenvalue weighted by Gasteiger charge is -2.44. The van der Waals surface area contributed by atoms with Crippen LogP contribution in [0.5, 0.6) is 5.75 Å². The average Bonchev–Trinajstić information content (AvgIpc) is 3.64. The molecule has 6 rings (SSSR count). The van der Waals surface area contributed by atoms with Crippen molar-refractivity contribution in [2.45, 2.75) is 49.8 Å². The third-order valence-electron chi connectivity index (χ3n) is 7.83. The summed E-state index contributed by atoms with van der Waals surface area (Å²) < 4.78 is 21.6. The van der Waals surface area contributed by atoms with Crippen molar-refractivity contribution in [3.05, 3.63) is 101 Å². The zero-order valence-electron chi connectivity index (χ0n) is 20.8. The molecule has 0 radical (unpaired) electrons. The lowest BCUT2D eigenvalue weighted by molar-refractivity contribution is -0.111. The Hall–Kier alpha value is -3.51. The number of aldehydes is 1. The maximum atomic E-state index is 15.2. The van der Waals surface area contributed by atoms with Gasteiger partial charge >= 0.3 is 0 Å². The van der Waals surface area contributed by atoms with E-state index in [1.54, 1.807) is 6.07 Å². The third kappa shape index (κ3) is 4.78. The molecule has 3 aliphatic rings. The summed E-state index contributed by atoms with van der Waals surface area (Å²) in [7, 11) is 0. The van der Waals surface area contributed by atoms with E-state index in [0.717, 1.165) is 44.2 Å². The van der Waals surface area contributed by atoms with E-state index in [2.05, 4.69) is 53.4 Å². The highest BCUT2D eigenvalue weighted by Gasteiger charge is 2.38. The Morgan fingerprint density at radius 2 is 1.59 bits per heavy atom. The van der Waals surface area contributed by atoms with Crippen molar-refractivity contribution in [2.24, 2.45) is 0 Å². The molecule has 2 heterocycles. The number of likely N-dealkylation sites (tertiary alicyclic amines) is 2. The van der Waals surface area contributed by atoms with Gasteiger partial charge in [-0.25, -0.2) is 4.39 Å². The van der Waals surface area contributed by atoms with Gasteiger partial charge in [-0.15, -0.1) is 0 Å². The average molecular weight is 499 g/mol. The first-order chi connectivity index (χ1) is 18.1.